The van der Waals surface area contributed by atoms with Crippen LogP contribution in [0.15, 0.2) is 28.7 Å². The summed E-state index contributed by atoms with van der Waals surface area (Å²) in [7, 11) is 2.10. The van der Waals surface area contributed by atoms with Crippen molar-refractivity contribution >= 4 is 11.0 Å². The van der Waals surface area contributed by atoms with E-state index in [0.717, 1.165) is 29.6 Å². The normalized spacial score (nSPS) is 24.3. The van der Waals surface area contributed by atoms with Gasteiger partial charge in [-0.1, -0.05) is 44.9 Å². The van der Waals surface area contributed by atoms with Crippen LogP contribution in [-0.4, -0.2) is 7.05 Å². The number of fused-ring (bicyclic) bond motifs is 1. The maximum absolute atomic E-state index is 6.10. The van der Waals surface area contributed by atoms with Gasteiger partial charge < -0.3 is 9.73 Å². The molecule has 0 amide bonds. The molecule has 0 spiro atoms. The predicted molar refractivity (Wildman–Crippen MR) is 88.5 cm³/mol. The molecule has 21 heavy (non-hydrogen) atoms. The van der Waals surface area contributed by atoms with Gasteiger partial charge in [0.25, 0.3) is 0 Å². The Balaban J connectivity index is 2.00. The summed E-state index contributed by atoms with van der Waals surface area (Å²) in [6, 6.07) is 8.91. The van der Waals surface area contributed by atoms with Crippen LogP contribution in [-0.2, 0) is 6.42 Å². The molecule has 2 aromatic rings. The summed E-state index contributed by atoms with van der Waals surface area (Å²) in [6.45, 7) is 4.58. The van der Waals surface area contributed by atoms with E-state index in [0.29, 0.717) is 6.04 Å². The van der Waals surface area contributed by atoms with Gasteiger partial charge in [-0.3, -0.25) is 0 Å². The van der Waals surface area contributed by atoms with Crippen LogP contribution in [0.2, 0.25) is 0 Å². The summed E-state index contributed by atoms with van der Waals surface area (Å²) in [6.07, 6.45) is 6.34. The molecule has 1 fully saturated rings. The van der Waals surface area contributed by atoms with E-state index in [9.17, 15) is 0 Å². The Hall–Kier alpha value is -1.28. The number of furan rings is 1. The van der Waals surface area contributed by atoms with E-state index in [4.69, 9.17) is 4.42 Å². The largest absolute Gasteiger partial charge is 0.461 e. The van der Waals surface area contributed by atoms with Crippen molar-refractivity contribution in [3.8, 4) is 0 Å². The molecule has 1 aliphatic rings. The summed E-state index contributed by atoms with van der Waals surface area (Å²) in [5.41, 5.74) is 2.45. The van der Waals surface area contributed by atoms with E-state index >= 15 is 0 Å². The quantitative estimate of drug-likeness (QED) is 0.847. The van der Waals surface area contributed by atoms with Crippen molar-refractivity contribution in [1.29, 1.82) is 0 Å². The van der Waals surface area contributed by atoms with E-state index < -0.39 is 0 Å². The van der Waals surface area contributed by atoms with Crippen molar-refractivity contribution in [2.75, 3.05) is 7.05 Å². The highest BCUT2D eigenvalue weighted by molar-refractivity contribution is 5.82. The van der Waals surface area contributed by atoms with Crippen molar-refractivity contribution in [1.82, 2.24) is 5.32 Å². The van der Waals surface area contributed by atoms with Crippen molar-refractivity contribution in [3.63, 3.8) is 0 Å². The molecule has 0 bridgehead atoms. The third kappa shape index (κ3) is 2.74. The van der Waals surface area contributed by atoms with E-state index in [1.165, 1.54) is 36.6 Å². The zero-order valence-electron chi connectivity index (χ0n) is 13.5. The molecule has 0 radical (unpaired) electrons. The van der Waals surface area contributed by atoms with Crippen LogP contribution in [0.1, 0.15) is 56.9 Å². The molecule has 2 nitrogen and oxygen atoms in total. The highest BCUT2D eigenvalue weighted by Crippen LogP contribution is 2.41. The average molecular weight is 285 g/mol. The Morgan fingerprint density at radius 3 is 2.57 bits per heavy atom. The lowest BCUT2D eigenvalue weighted by atomic mass is 9.77. The fourth-order valence-corrected chi connectivity index (χ4v) is 3.95. The zero-order chi connectivity index (χ0) is 14.8. The van der Waals surface area contributed by atoms with E-state index in [1.54, 1.807) is 0 Å². The van der Waals surface area contributed by atoms with Crippen molar-refractivity contribution in [2.45, 2.75) is 52.0 Å². The lowest BCUT2D eigenvalue weighted by molar-refractivity contribution is 0.237. The third-order valence-corrected chi connectivity index (χ3v) is 5.19. The maximum Gasteiger partial charge on any atom is 0.134 e. The topological polar surface area (TPSA) is 25.2 Å². The van der Waals surface area contributed by atoms with Gasteiger partial charge in [0.2, 0.25) is 0 Å². The van der Waals surface area contributed by atoms with Gasteiger partial charge in [-0.2, -0.15) is 0 Å². The average Bonchev–Trinajstić information content (AvgIpc) is 2.89. The van der Waals surface area contributed by atoms with Gasteiger partial charge in [0, 0.05) is 23.4 Å². The molecule has 1 heterocycles. The molecule has 1 aromatic carbocycles. The number of hydrogen-bond donors (Lipinski definition) is 1. The van der Waals surface area contributed by atoms with Crippen molar-refractivity contribution in [3.05, 3.63) is 35.6 Å². The summed E-state index contributed by atoms with van der Waals surface area (Å²) < 4.78 is 6.10. The fraction of sp³-hybridized carbons (Fsp3) is 0.579. The molecule has 2 heteroatoms. The standard InChI is InChI=1S/C19H27NO/c1-4-16-18(15-7-5-6-8-17(15)21-16)19(20-3)14-11-9-13(2)10-12-14/h5-8,13-14,19-20H,4,9-12H2,1-3H3. The monoisotopic (exact) mass is 285 g/mol. The smallest absolute Gasteiger partial charge is 0.134 e. The molecule has 1 aliphatic carbocycles. The fourth-order valence-electron chi connectivity index (χ4n) is 3.95. The Bertz CT molecular complexity index is 593. The first kappa shape index (κ1) is 14.6. The minimum Gasteiger partial charge on any atom is -0.461 e. The van der Waals surface area contributed by atoms with Crippen molar-refractivity contribution < 1.29 is 4.42 Å². The van der Waals surface area contributed by atoms with Crippen LogP contribution < -0.4 is 5.32 Å². The van der Waals surface area contributed by atoms with Gasteiger partial charge in [-0.05, 0) is 37.8 Å². The van der Waals surface area contributed by atoms with Crippen LogP contribution in [0, 0.1) is 11.8 Å². The number of rotatable bonds is 4. The van der Waals surface area contributed by atoms with Gasteiger partial charge in [0.15, 0.2) is 0 Å². The van der Waals surface area contributed by atoms with Crippen molar-refractivity contribution in [2.24, 2.45) is 11.8 Å². The molecular weight excluding hydrogens is 258 g/mol. The van der Waals surface area contributed by atoms with E-state index in [-0.39, 0.29) is 0 Å². The van der Waals surface area contributed by atoms with Crippen LogP contribution in [0.4, 0.5) is 0 Å². The zero-order valence-corrected chi connectivity index (χ0v) is 13.5. The highest BCUT2D eigenvalue weighted by Gasteiger charge is 2.30. The number of para-hydroxylation sites is 1. The molecule has 3 rings (SSSR count). The number of aryl methyl sites for hydroxylation is 1. The summed E-state index contributed by atoms with van der Waals surface area (Å²) in [4.78, 5) is 0. The number of benzene rings is 1. The molecule has 1 unspecified atom stereocenters. The second kappa shape index (κ2) is 6.23. The third-order valence-electron chi connectivity index (χ3n) is 5.19. The van der Waals surface area contributed by atoms with Crippen LogP contribution in [0.5, 0.6) is 0 Å². The summed E-state index contributed by atoms with van der Waals surface area (Å²) in [5, 5.41) is 4.89. The molecule has 114 valence electrons. The maximum atomic E-state index is 6.10. The minimum absolute atomic E-state index is 0.427. The first-order chi connectivity index (χ1) is 10.2. The van der Waals surface area contributed by atoms with E-state index in [2.05, 4.69) is 50.5 Å². The summed E-state index contributed by atoms with van der Waals surface area (Å²) in [5.74, 6) is 2.79. The molecule has 1 saturated carbocycles. The van der Waals surface area contributed by atoms with Crippen LogP contribution >= 0.6 is 0 Å². The second-order valence-electron chi connectivity index (χ2n) is 6.57. The Morgan fingerprint density at radius 1 is 1.19 bits per heavy atom. The van der Waals surface area contributed by atoms with Gasteiger partial charge in [-0.25, -0.2) is 0 Å². The molecular formula is C19H27NO. The SMILES string of the molecule is CCc1oc2ccccc2c1C(NC)C1CCC(C)CC1. The Labute approximate surface area is 127 Å². The molecule has 1 N–H and O–H groups in total. The molecule has 1 aromatic heterocycles. The van der Waals surface area contributed by atoms with Gasteiger partial charge in [-0.15, -0.1) is 0 Å². The number of nitrogens with one attached hydrogen (secondary N) is 1. The van der Waals surface area contributed by atoms with Gasteiger partial charge in [0.1, 0.15) is 11.3 Å². The minimum atomic E-state index is 0.427. The Morgan fingerprint density at radius 2 is 1.90 bits per heavy atom. The van der Waals surface area contributed by atoms with Gasteiger partial charge >= 0.3 is 0 Å². The second-order valence-corrected chi connectivity index (χ2v) is 6.57. The first-order valence-electron chi connectivity index (χ1n) is 8.42. The first-order valence-corrected chi connectivity index (χ1v) is 8.42. The van der Waals surface area contributed by atoms with Crippen LogP contribution in [0.25, 0.3) is 11.0 Å². The number of hydrogen-bond acceptors (Lipinski definition) is 2. The Kier molecular flexibility index (Phi) is 4.34. The highest BCUT2D eigenvalue weighted by atomic mass is 16.3. The van der Waals surface area contributed by atoms with Crippen LogP contribution in [0.3, 0.4) is 0 Å². The van der Waals surface area contributed by atoms with E-state index in [1.807, 2.05) is 0 Å². The predicted octanol–water partition coefficient (Wildman–Crippen LogP) is 5.08. The van der Waals surface area contributed by atoms with Gasteiger partial charge in [0.05, 0.1) is 0 Å². The summed E-state index contributed by atoms with van der Waals surface area (Å²) >= 11 is 0. The molecule has 1 atom stereocenters. The molecule has 0 aliphatic heterocycles. The molecule has 0 saturated heterocycles. The lowest BCUT2D eigenvalue weighted by Crippen LogP contribution is -2.28. The lowest BCUT2D eigenvalue weighted by Gasteiger charge is -2.33.